The third-order valence-corrected chi connectivity index (χ3v) is 0. The fourth-order valence-electron chi connectivity index (χ4n) is 0. The molecule has 0 unspecified atom stereocenters. The van der Waals surface area contributed by atoms with Crippen LogP contribution in [-0.2, 0) is 56.1 Å². The Balaban J connectivity index is -0.00000000750. The van der Waals surface area contributed by atoms with Crippen molar-refractivity contribution in [1.82, 2.24) is 0 Å². The fourth-order valence-corrected chi connectivity index (χ4v) is 0. The van der Waals surface area contributed by atoms with Crippen LogP contribution >= 0.6 is 0 Å². The van der Waals surface area contributed by atoms with Crippen LogP contribution in [0.5, 0.6) is 0 Å². The van der Waals surface area contributed by atoms with Crippen molar-refractivity contribution in [2.24, 2.45) is 0 Å². The van der Waals surface area contributed by atoms with E-state index < -0.39 is 11.4 Å². The van der Waals surface area contributed by atoms with E-state index in [0.29, 0.717) is 0 Å². The fraction of sp³-hybridized carbons (Fsp3) is 0. The van der Waals surface area contributed by atoms with Gasteiger partial charge >= 0.3 is 51.4 Å². The molecule has 0 bridgehead atoms. The van der Waals surface area contributed by atoms with Crippen molar-refractivity contribution in [3.05, 3.63) is 0 Å². The first-order chi connectivity index (χ1) is 1.73. The molecule has 0 atom stereocenters. The average Bonchev–Trinajstić information content (AvgIpc) is 0.811. The normalized spacial score (nSPS) is 5.00. The molecule has 0 spiro atoms. The SMILES string of the molecule is O=S(O)O.[Ag].[Ag].[H-].[K+]. The minimum Gasteiger partial charge on any atom is -1.00 e. The molecule has 0 saturated carbocycles. The summed E-state index contributed by atoms with van der Waals surface area (Å²) in [6.07, 6.45) is 0. The van der Waals surface area contributed by atoms with Crippen LogP contribution in [0.15, 0.2) is 0 Å². The summed E-state index contributed by atoms with van der Waals surface area (Å²) in [4.78, 5) is 0. The Labute approximate surface area is 119 Å². The zero-order chi connectivity index (χ0) is 3.58. The molecule has 0 heterocycles. The molecule has 2 N–H and O–H groups in total. The standard InChI is InChI=1S/2Ag.K.H2O3S.H/c;;;1-4(2)3;/h;;;(H2,1,2,3);/q;;+1;;-1. The Bertz CT molecular complexity index is 40.3. The van der Waals surface area contributed by atoms with E-state index in [0.717, 1.165) is 0 Å². The van der Waals surface area contributed by atoms with Gasteiger partial charge in [-0.15, -0.1) is 0 Å². The maximum absolute atomic E-state index is 8.67. The second-order valence-electron chi connectivity index (χ2n) is 0.231. The van der Waals surface area contributed by atoms with Crippen LogP contribution in [0.2, 0.25) is 0 Å². The predicted octanol–water partition coefficient (Wildman–Crippen LogP) is -3.21. The maximum atomic E-state index is 8.67. The summed E-state index contributed by atoms with van der Waals surface area (Å²) in [5, 5.41) is 0. The van der Waals surface area contributed by atoms with Gasteiger partial charge in [0, 0.05) is 44.8 Å². The zero-order valence-corrected chi connectivity index (χ0v) is 10.2. The first-order valence-corrected chi connectivity index (χ1v) is 1.60. The minimum absolute atomic E-state index is 0. The van der Waals surface area contributed by atoms with Gasteiger partial charge in [-0.3, -0.25) is 9.11 Å². The van der Waals surface area contributed by atoms with E-state index in [4.69, 9.17) is 13.3 Å². The number of hydrogen-bond acceptors (Lipinski definition) is 1. The smallest absolute Gasteiger partial charge is 1.00 e. The molecule has 0 aromatic heterocycles. The molecule has 2 radical (unpaired) electrons. The van der Waals surface area contributed by atoms with E-state index in [1.54, 1.807) is 0 Å². The predicted molar refractivity (Wildman–Crippen MR) is 14.5 cm³/mol. The van der Waals surface area contributed by atoms with Gasteiger partial charge in [0.2, 0.25) is 0 Å². The molecule has 0 aliphatic rings. The molecule has 50 valence electrons. The van der Waals surface area contributed by atoms with E-state index in [9.17, 15) is 0 Å². The molecule has 0 aromatic carbocycles. The third-order valence-electron chi connectivity index (χ3n) is 0. The Morgan fingerprint density at radius 3 is 1.29 bits per heavy atom. The minimum atomic E-state index is -2.61. The molecule has 7 heavy (non-hydrogen) atoms. The van der Waals surface area contributed by atoms with Gasteiger partial charge in [-0.05, 0) is 0 Å². The third kappa shape index (κ3) is 46.7. The summed E-state index contributed by atoms with van der Waals surface area (Å²) in [5.41, 5.74) is 0. The summed E-state index contributed by atoms with van der Waals surface area (Å²) in [5.74, 6) is 0. The molecule has 0 rings (SSSR count). The molecule has 0 amide bonds. The largest absolute Gasteiger partial charge is 1.00 e. The summed E-state index contributed by atoms with van der Waals surface area (Å²) in [6.45, 7) is 0. The van der Waals surface area contributed by atoms with Gasteiger partial charge in [-0.2, -0.15) is 4.21 Å². The van der Waals surface area contributed by atoms with E-state index in [1.807, 2.05) is 0 Å². The average molecular weight is 338 g/mol. The maximum Gasteiger partial charge on any atom is 1.00 e. The van der Waals surface area contributed by atoms with Crippen LogP contribution in [0, 0.1) is 0 Å². The molecule has 0 aromatic rings. The molecular formula is H3Ag2KO3S. The van der Waals surface area contributed by atoms with Crippen molar-refractivity contribution < 1.29 is 111 Å². The summed E-state index contributed by atoms with van der Waals surface area (Å²) in [6, 6.07) is 0. The Morgan fingerprint density at radius 1 is 1.29 bits per heavy atom. The van der Waals surface area contributed by atoms with Crippen molar-refractivity contribution in [3.63, 3.8) is 0 Å². The van der Waals surface area contributed by atoms with Gasteiger partial charge in [0.05, 0.1) is 0 Å². The van der Waals surface area contributed by atoms with Crippen LogP contribution < -0.4 is 51.4 Å². The van der Waals surface area contributed by atoms with Crippen LogP contribution in [0.1, 0.15) is 1.43 Å². The van der Waals surface area contributed by atoms with E-state index in [-0.39, 0.29) is 97.6 Å². The molecule has 3 nitrogen and oxygen atoms in total. The topological polar surface area (TPSA) is 57.5 Å². The Morgan fingerprint density at radius 2 is 1.29 bits per heavy atom. The number of hydrogen-bond donors (Lipinski definition) is 2. The Kier molecular flexibility index (Phi) is 51.6. The van der Waals surface area contributed by atoms with E-state index in [2.05, 4.69) is 0 Å². The summed E-state index contributed by atoms with van der Waals surface area (Å²) in [7, 11) is 0. The molecular weight excluding hydrogens is 335 g/mol. The molecule has 7 heteroatoms. The molecule has 0 aliphatic carbocycles. The van der Waals surface area contributed by atoms with E-state index in [1.165, 1.54) is 0 Å². The van der Waals surface area contributed by atoms with Gasteiger partial charge in [0.1, 0.15) is 0 Å². The van der Waals surface area contributed by atoms with Crippen LogP contribution in [0.25, 0.3) is 0 Å². The Hall–Kier alpha value is 3.19. The second kappa shape index (κ2) is 16.1. The van der Waals surface area contributed by atoms with Crippen molar-refractivity contribution in [3.8, 4) is 0 Å². The molecule has 0 fully saturated rings. The van der Waals surface area contributed by atoms with Gasteiger partial charge < -0.3 is 1.43 Å². The first-order valence-electron chi connectivity index (χ1n) is 0.532. The quantitative estimate of drug-likeness (QED) is 0.361. The first kappa shape index (κ1) is 22.5. The summed E-state index contributed by atoms with van der Waals surface area (Å²) >= 11 is -2.61. The van der Waals surface area contributed by atoms with Crippen LogP contribution in [0.3, 0.4) is 0 Å². The molecule has 0 saturated heterocycles. The molecule has 0 aliphatic heterocycles. The summed E-state index contributed by atoms with van der Waals surface area (Å²) < 4.78 is 22.8. The van der Waals surface area contributed by atoms with Crippen molar-refractivity contribution in [2.75, 3.05) is 0 Å². The second-order valence-corrected chi connectivity index (χ2v) is 0.692. The van der Waals surface area contributed by atoms with Gasteiger partial charge in [-0.25, -0.2) is 0 Å². The van der Waals surface area contributed by atoms with Crippen molar-refractivity contribution in [1.29, 1.82) is 0 Å². The monoisotopic (exact) mass is 336 g/mol. The van der Waals surface area contributed by atoms with Crippen molar-refractivity contribution in [2.45, 2.75) is 0 Å². The van der Waals surface area contributed by atoms with Crippen molar-refractivity contribution >= 4 is 11.4 Å². The number of rotatable bonds is 0. The van der Waals surface area contributed by atoms with E-state index >= 15 is 0 Å². The van der Waals surface area contributed by atoms with Crippen LogP contribution in [-0.4, -0.2) is 13.3 Å². The van der Waals surface area contributed by atoms with Gasteiger partial charge in [-0.1, -0.05) is 0 Å². The van der Waals surface area contributed by atoms with Gasteiger partial charge in [0.15, 0.2) is 0 Å². The van der Waals surface area contributed by atoms with Crippen LogP contribution in [0.4, 0.5) is 0 Å². The van der Waals surface area contributed by atoms with Gasteiger partial charge in [0.25, 0.3) is 11.4 Å². The zero-order valence-electron chi connectivity index (χ0n) is 4.31.